The summed E-state index contributed by atoms with van der Waals surface area (Å²) in [6.45, 7) is 1.79. The molecule has 72 valence electrons. The molecule has 2 rings (SSSR count). The third-order valence-electron chi connectivity index (χ3n) is 2.50. The van der Waals surface area contributed by atoms with Gasteiger partial charge in [-0.15, -0.1) is 11.3 Å². The molecule has 0 spiro atoms. The van der Waals surface area contributed by atoms with Crippen molar-refractivity contribution in [2.45, 2.75) is 12.8 Å². The summed E-state index contributed by atoms with van der Waals surface area (Å²) < 4.78 is 5.45. The zero-order chi connectivity index (χ0) is 9.15. The first kappa shape index (κ1) is 9.62. The Kier molecular flexibility index (Phi) is 3.01. The molecule has 1 aliphatic rings. The number of halogens is 1. The first-order chi connectivity index (χ1) is 6.35. The number of thiazole rings is 1. The van der Waals surface area contributed by atoms with E-state index in [2.05, 4.69) is 20.9 Å². The van der Waals surface area contributed by atoms with Gasteiger partial charge in [0.2, 0.25) is 0 Å². The second-order valence-corrected chi connectivity index (χ2v) is 5.11. The van der Waals surface area contributed by atoms with Crippen LogP contribution < -0.4 is 0 Å². The van der Waals surface area contributed by atoms with Crippen molar-refractivity contribution < 1.29 is 4.74 Å². The van der Waals surface area contributed by atoms with Crippen LogP contribution in [-0.2, 0) is 11.2 Å². The average molecular weight is 262 g/mol. The summed E-state index contributed by atoms with van der Waals surface area (Å²) in [5.74, 6) is 0. The van der Waals surface area contributed by atoms with Crippen LogP contribution in [0.5, 0.6) is 0 Å². The minimum atomic E-state index is 0.326. The molecule has 1 aromatic rings. The Labute approximate surface area is 90.5 Å². The van der Waals surface area contributed by atoms with E-state index in [1.54, 1.807) is 11.3 Å². The Morgan fingerprint density at radius 1 is 1.69 bits per heavy atom. The molecule has 0 saturated carbocycles. The first-order valence-electron chi connectivity index (χ1n) is 4.36. The van der Waals surface area contributed by atoms with E-state index in [1.807, 2.05) is 11.7 Å². The number of nitrogens with zero attached hydrogens (tertiary/aromatic N) is 1. The molecule has 13 heavy (non-hydrogen) atoms. The molecular formula is C9H12BrNOS. The van der Waals surface area contributed by atoms with Gasteiger partial charge in [-0.1, -0.05) is 15.9 Å². The van der Waals surface area contributed by atoms with E-state index >= 15 is 0 Å². The van der Waals surface area contributed by atoms with Crippen molar-refractivity contribution in [3.05, 3.63) is 16.6 Å². The predicted molar refractivity (Wildman–Crippen MR) is 57.5 cm³/mol. The van der Waals surface area contributed by atoms with Crippen molar-refractivity contribution in [2.24, 2.45) is 5.41 Å². The van der Waals surface area contributed by atoms with Crippen LogP contribution in [-0.4, -0.2) is 23.5 Å². The second-order valence-electron chi connectivity index (χ2n) is 3.58. The van der Waals surface area contributed by atoms with Crippen LogP contribution in [0.1, 0.15) is 11.3 Å². The van der Waals surface area contributed by atoms with Crippen LogP contribution in [0.4, 0.5) is 0 Å². The lowest BCUT2D eigenvalue weighted by atomic mass is 9.86. The Morgan fingerprint density at radius 2 is 2.62 bits per heavy atom. The monoisotopic (exact) mass is 261 g/mol. The van der Waals surface area contributed by atoms with E-state index in [9.17, 15) is 0 Å². The molecule has 0 aliphatic carbocycles. The highest BCUT2D eigenvalue weighted by Crippen LogP contribution is 2.35. The molecule has 1 aliphatic heterocycles. The van der Waals surface area contributed by atoms with Crippen LogP contribution in [0.25, 0.3) is 0 Å². The van der Waals surface area contributed by atoms with Gasteiger partial charge in [0.25, 0.3) is 0 Å². The number of alkyl halides is 1. The van der Waals surface area contributed by atoms with Gasteiger partial charge in [-0.3, -0.25) is 4.98 Å². The number of hydrogen-bond donors (Lipinski definition) is 0. The van der Waals surface area contributed by atoms with Crippen LogP contribution >= 0.6 is 27.3 Å². The molecule has 0 N–H and O–H groups in total. The highest BCUT2D eigenvalue weighted by atomic mass is 79.9. The highest BCUT2D eigenvalue weighted by molar-refractivity contribution is 9.09. The maximum absolute atomic E-state index is 5.45. The van der Waals surface area contributed by atoms with Gasteiger partial charge in [-0.25, -0.2) is 0 Å². The largest absolute Gasteiger partial charge is 0.381 e. The van der Waals surface area contributed by atoms with E-state index in [-0.39, 0.29) is 0 Å². The van der Waals surface area contributed by atoms with Gasteiger partial charge in [-0.2, -0.15) is 0 Å². The molecule has 0 amide bonds. The predicted octanol–water partition coefficient (Wildman–Crippen LogP) is 2.49. The number of ether oxygens (including phenoxy) is 1. The molecular weight excluding hydrogens is 250 g/mol. The average Bonchev–Trinajstić information content (AvgIpc) is 2.77. The number of aromatic nitrogens is 1. The summed E-state index contributed by atoms with van der Waals surface area (Å²) in [7, 11) is 0. The zero-order valence-corrected chi connectivity index (χ0v) is 9.73. The summed E-state index contributed by atoms with van der Waals surface area (Å²) >= 11 is 5.32. The van der Waals surface area contributed by atoms with Gasteiger partial charge in [0.1, 0.15) is 0 Å². The van der Waals surface area contributed by atoms with Crippen molar-refractivity contribution in [1.29, 1.82) is 0 Å². The second kappa shape index (κ2) is 4.07. The molecule has 0 radical (unpaired) electrons. The fourth-order valence-corrected chi connectivity index (χ4v) is 3.05. The normalized spacial score (nSPS) is 28.1. The van der Waals surface area contributed by atoms with Crippen molar-refractivity contribution in [1.82, 2.24) is 4.98 Å². The molecule has 4 heteroatoms. The third-order valence-corrected chi connectivity index (χ3v) is 4.47. The maximum atomic E-state index is 5.45. The summed E-state index contributed by atoms with van der Waals surface area (Å²) in [6, 6.07) is 0. The molecule has 0 aromatic carbocycles. The van der Waals surface area contributed by atoms with Crippen molar-refractivity contribution in [3.63, 3.8) is 0 Å². The van der Waals surface area contributed by atoms with Gasteiger partial charge in [0.05, 0.1) is 12.1 Å². The fraction of sp³-hybridized carbons (Fsp3) is 0.667. The van der Waals surface area contributed by atoms with E-state index in [4.69, 9.17) is 4.74 Å². The van der Waals surface area contributed by atoms with Crippen molar-refractivity contribution in [2.75, 3.05) is 18.5 Å². The third kappa shape index (κ3) is 2.11. The van der Waals surface area contributed by atoms with E-state index in [0.29, 0.717) is 5.41 Å². The Morgan fingerprint density at radius 3 is 3.15 bits per heavy atom. The first-order valence-corrected chi connectivity index (χ1v) is 6.36. The van der Waals surface area contributed by atoms with Gasteiger partial charge in [0, 0.05) is 28.4 Å². The SMILES string of the molecule is BrCC1(Cc2cncs2)CCOC1. The molecule has 0 bridgehead atoms. The van der Waals surface area contributed by atoms with Crippen molar-refractivity contribution in [3.8, 4) is 0 Å². The lowest BCUT2D eigenvalue weighted by Gasteiger charge is -2.23. The zero-order valence-electron chi connectivity index (χ0n) is 7.33. The molecule has 2 nitrogen and oxygen atoms in total. The topological polar surface area (TPSA) is 22.1 Å². The fourth-order valence-electron chi connectivity index (χ4n) is 1.64. The lowest BCUT2D eigenvalue weighted by Crippen LogP contribution is -2.25. The molecule has 1 saturated heterocycles. The van der Waals surface area contributed by atoms with E-state index in [1.165, 1.54) is 4.88 Å². The van der Waals surface area contributed by atoms with Crippen LogP contribution in [0, 0.1) is 5.41 Å². The summed E-state index contributed by atoms with van der Waals surface area (Å²) in [4.78, 5) is 5.46. The number of rotatable bonds is 3. The summed E-state index contributed by atoms with van der Waals surface area (Å²) in [5.41, 5.74) is 2.22. The standard InChI is InChI=1S/C9H12BrNOS/c10-5-9(1-2-12-6-9)3-8-4-11-7-13-8/h4,7H,1-3,5-6H2. The minimum absolute atomic E-state index is 0.326. The Hall–Kier alpha value is 0.0700. The lowest BCUT2D eigenvalue weighted by molar-refractivity contribution is 0.162. The van der Waals surface area contributed by atoms with Crippen LogP contribution in [0.3, 0.4) is 0 Å². The molecule has 2 heterocycles. The van der Waals surface area contributed by atoms with Crippen molar-refractivity contribution >= 4 is 27.3 Å². The van der Waals surface area contributed by atoms with Gasteiger partial charge < -0.3 is 4.74 Å². The Bertz CT molecular complexity index is 257. The smallest absolute Gasteiger partial charge is 0.0794 e. The summed E-state index contributed by atoms with van der Waals surface area (Å²) in [6.07, 6.45) is 4.23. The number of hydrogen-bond acceptors (Lipinski definition) is 3. The molecule has 1 atom stereocenters. The quantitative estimate of drug-likeness (QED) is 0.781. The van der Waals surface area contributed by atoms with Crippen LogP contribution in [0.2, 0.25) is 0 Å². The Balaban J connectivity index is 2.06. The summed E-state index contributed by atoms with van der Waals surface area (Å²) in [5, 5.41) is 1.03. The van der Waals surface area contributed by atoms with E-state index in [0.717, 1.165) is 31.4 Å². The van der Waals surface area contributed by atoms with Gasteiger partial charge in [-0.05, 0) is 12.8 Å². The van der Waals surface area contributed by atoms with Crippen LogP contribution in [0.15, 0.2) is 11.7 Å². The molecule has 1 fully saturated rings. The van der Waals surface area contributed by atoms with Gasteiger partial charge in [0.15, 0.2) is 0 Å². The maximum Gasteiger partial charge on any atom is 0.0794 e. The molecule has 1 unspecified atom stereocenters. The van der Waals surface area contributed by atoms with E-state index < -0.39 is 0 Å². The highest BCUT2D eigenvalue weighted by Gasteiger charge is 2.34. The minimum Gasteiger partial charge on any atom is -0.381 e. The van der Waals surface area contributed by atoms with Gasteiger partial charge >= 0.3 is 0 Å². The molecule has 1 aromatic heterocycles.